The molecular weight excluding hydrogens is 1080 g/mol. The van der Waals surface area contributed by atoms with E-state index in [1.807, 2.05) is 6.07 Å². The van der Waals surface area contributed by atoms with Crippen molar-refractivity contribution in [1.29, 1.82) is 0 Å². The van der Waals surface area contributed by atoms with Gasteiger partial charge in [0.25, 0.3) is 0 Å². The quantitative estimate of drug-likeness (QED) is 0.0291. The molecule has 0 bridgehead atoms. The van der Waals surface area contributed by atoms with Gasteiger partial charge >= 0.3 is 11.9 Å². The average molecular weight is 1150 g/mol. The van der Waals surface area contributed by atoms with Crippen molar-refractivity contribution in [2.24, 2.45) is 23.3 Å². The van der Waals surface area contributed by atoms with Crippen LogP contribution < -0.4 is 48.7 Å². The number of nitrogens with two attached hydrogens (primary N) is 2. The number of amides is 9. The Bertz CT molecular complexity index is 2960. The molecule has 16 N–H and O–H groups in total. The molecule has 4 aromatic rings. The fourth-order valence-electron chi connectivity index (χ4n) is 9.46. The highest BCUT2D eigenvalue weighted by molar-refractivity contribution is 6.00. The molecule has 83 heavy (non-hydrogen) atoms. The number of hydrogen-bond donors (Lipinski definition) is 14. The largest absolute Gasteiger partial charge is 0.508 e. The maximum Gasteiger partial charge on any atom is 0.326 e. The number of carbonyl (C=O) groups is 11. The summed E-state index contributed by atoms with van der Waals surface area (Å²) < 4.78 is 0. The number of carbonyl (C=O) groups excluding carboxylic acids is 9. The number of carboxylic acid groups (broad SMARTS) is 2. The Labute approximate surface area is 478 Å². The van der Waals surface area contributed by atoms with E-state index in [-0.39, 0.29) is 44.4 Å². The van der Waals surface area contributed by atoms with Crippen LogP contribution in [0.5, 0.6) is 5.75 Å². The van der Waals surface area contributed by atoms with Crippen LogP contribution in [0.25, 0.3) is 10.9 Å². The van der Waals surface area contributed by atoms with Gasteiger partial charge in [-0.2, -0.15) is 0 Å². The fraction of sp³-hybridized carbons (Fsp3) is 0.456. The van der Waals surface area contributed by atoms with Crippen molar-refractivity contribution in [3.05, 3.63) is 102 Å². The summed E-state index contributed by atoms with van der Waals surface area (Å²) in [5.41, 5.74) is 14.1. The summed E-state index contributed by atoms with van der Waals surface area (Å²) in [5.74, 6) is -12.3. The number of carboxylic acids is 2. The van der Waals surface area contributed by atoms with Gasteiger partial charge in [0.15, 0.2) is 0 Å². The van der Waals surface area contributed by atoms with Crippen molar-refractivity contribution in [2.75, 3.05) is 13.2 Å². The minimum absolute atomic E-state index is 0.0113. The van der Waals surface area contributed by atoms with Gasteiger partial charge in [-0.3, -0.25) is 47.9 Å². The molecule has 0 aliphatic carbocycles. The molecule has 1 saturated heterocycles. The third-order valence-electron chi connectivity index (χ3n) is 14.4. The van der Waals surface area contributed by atoms with E-state index >= 15 is 0 Å². The smallest absolute Gasteiger partial charge is 0.326 e. The summed E-state index contributed by atoms with van der Waals surface area (Å²) in [5, 5.41) is 57.8. The summed E-state index contributed by atoms with van der Waals surface area (Å²) >= 11 is 0. The number of fused-ring (bicyclic) bond motifs is 1. The SMILES string of the molecule is CC[C@H](C)[C@H](NC(=O)[C@@H](N)Cc1ccccc1)C(=O)N[C@@H](CC(N)=O)C(=O)N[C@H](C(=O)N1CCC[C@H]1C(=O)N[C@@H](CCC(=O)O)C(=O)N[C@@H](Cc1c[nH]c2ccccc12)C(=O)N[C@@H](CO)C(=O)N[C@@H](Cc1ccc(O)cc1)C(=O)O)C(C)C. The zero-order valence-corrected chi connectivity index (χ0v) is 46.6. The number of phenols is 1. The van der Waals surface area contributed by atoms with E-state index in [2.05, 4.69) is 42.2 Å². The van der Waals surface area contributed by atoms with Crippen LogP contribution in [0, 0.1) is 11.8 Å². The predicted molar refractivity (Wildman–Crippen MR) is 300 cm³/mol. The number of aromatic amines is 1. The zero-order chi connectivity index (χ0) is 61.1. The lowest BCUT2D eigenvalue weighted by molar-refractivity contribution is -0.144. The Balaban J connectivity index is 1.32. The van der Waals surface area contributed by atoms with Gasteiger partial charge in [0, 0.05) is 42.9 Å². The molecule has 26 nitrogen and oxygen atoms in total. The van der Waals surface area contributed by atoms with E-state index in [1.54, 1.807) is 82.4 Å². The number of aliphatic hydroxyl groups excluding tert-OH is 1. The molecule has 0 saturated carbocycles. The summed E-state index contributed by atoms with van der Waals surface area (Å²) in [6.45, 7) is 5.63. The number of para-hydroxylation sites is 1. The number of aromatic nitrogens is 1. The van der Waals surface area contributed by atoms with Crippen LogP contribution >= 0.6 is 0 Å². The van der Waals surface area contributed by atoms with Crippen LogP contribution in [0.4, 0.5) is 0 Å². The van der Waals surface area contributed by atoms with Gasteiger partial charge < -0.3 is 79.0 Å². The molecule has 448 valence electrons. The minimum atomic E-state index is -1.76. The summed E-state index contributed by atoms with van der Waals surface area (Å²) in [7, 11) is 0. The standard InChI is InChI=1S/C57H75N11O15/c1-5-31(4)48(67-49(74)37(58)24-32-12-7-6-8-13-32)55(80)63-41(27-45(59)71)52(77)66-47(30(2)3)56(81)68-23-11-16-44(68)54(79)61-39(21-22-46(72)73)50(75)62-40(26-34-28-60-38-15-10-9-14-36(34)38)51(76)65-43(29-69)53(78)64-42(57(82)83)25-33-17-19-35(70)20-18-33/h6-10,12-15,17-20,28,30-31,37,39-44,47-48,60,69-70H,5,11,16,21-27,29,58H2,1-4H3,(H2,59,71)(H,61,79)(H,62,75)(H,63,80)(H,64,78)(H,65,76)(H,66,77)(H,67,74)(H,72,73)(H,82,83)/t31-,37-,39-,40-,41-,42-,43-,44-,47-,48-/m0/s1. The second-order valence-corrected chi connectivity index (χ2v) is 21.0. The van der Waals surface area contributed by atoms with Crippen LogP contribution in [-0.2, 0) is 72.0 Å². The lowest BCUT2D eigenvalue weighted by Gasteiger charge is -2.32. The molecule has 1 aliphatic rings. The van der Waals surface area contributed by atoms with Crippen molar-refractivity contribution in [3.8, 4) is 5.75 Å². The lowest BCUT2D eigenvalue weighted by Crippen LogP contribution is -2.61. The van der Waals surface area contributed by atoms with Crippen molar-refractivity contribution in [2.45, 2.75) is 140 Å². The molecule has 0 unspecified atom stereocenters. The third kappa shape index (κ3) is 18.8. The number of aliphatic carboxylic acids is 2. The number of benzene rings is 3. The highest BCUT2D eigenvalue weighted by atomic mass is 16.4. The molecule has 1 fully saturated rings. The van der Waals surface area contributed by atoms with Crippen molar-refractivity contribution in [3.63, 3.8) is 0 Å². The normalized spacial score (nSPS) is 16.3. The number of aliphatic hydroxyl groups is 1. The maximum atomic E-state index is 14.5. The van der Waals surface area contributed by atoms with Gasteiger partial charge in [0.2, 0.25) is 53.2 Å². The van der Waals surface area contributed by atoms with Gasteiger partial charge in [-0.1, -0.05) is 94.8 Å². The zero-order valence-electron chi connectivity index (χ0n) is 46.6. The van der Waals surface area contributed by atoms with Crippen LogP contribution in [0.2, 0.25) is 0 Å². The maximum absolute atomic E-state index is 14.5. The highest BCUT2D eigenvalue weighted by Crippen LogP contribution is 2.23. The molecule has 10 atom stereocenters. The number of hydrogen-bond acceptors (Lipinski definition) is 14. The molecular formula is C57H75N11O15. The Morgan fingerprint density at radius 1 is 0.651 bits per heavy atom. The molecule has 5 rings (SSSR count). The second-order valence-electron chi connectivity index (χ2n) is 21.0. The first-order chi connectivity index (χ1) is 39.4. The molecule has 2 heterocycles. The van der Waals surface area contributed by atoms with Crippen LogP contribution in [0.1, 0.15) is 82.9 Å². The van der Waals surface area contributed by atoms with Crippen LogP contribution in [0.15, 0.2) is 85.1 Å². The number of aromatic hydroxyl groups is 1. The average Bonchev–Trinajstić information content (AvgIpc) is 4.20. The molecule has 1 aromatic heterocycles. The van der Waals surface area contributed by atoms with Crippen molar-refractivity contribution < 1.29 is 73.2 Å². The van der Waals surface area contributed by atoms with E-state index in [0.717, 1.165) is 5.56 Å². The number of primary amides is 1. The lowest BCUT2D eigenvalue weighted by atomic mass is 9.96. The van der Waals surface area contributed by atoms with Gasteiger partial charge in [-0.25, -0.2) is 4.79 Å². The van der Waals surface area contributed by atoms with Crippen LogP contribution in [-0.4, -0.2) is 163 Å². The van der Waals surface area contributed by atoms with Gasteiger partial charge in [-0.15, -0.1) is 0 Å². The molecule has 3 aromatic carbocycles. The Morgan fingerprint density at radius 3 is 1.86 bits per heavy atom. The molecule has 9 amide bonds. The van der Waals surface area contributed by atoms with Gasteiger partial charge in [-0.05, 0) is 72.4 Å². The minimum Gasteiger partial charge on any atom is -0.508 e. The van der Waals surface area contributed by atoms with Crippen molar-refractivity contribution >= 4 is 76.0 Å². The number of nitrogens with one attached hydrogen (secondary N) is 8. The molecule has 0 radical (unpaired) electrons. The first-order valence-electron chi connectivity index (χ1n) is 27.3. The van der Waals surface area contributed by atoms with E-state index in [0.29, 0.717) is 28.5 Å². The number of H-pyrrole nitrogens is 1. The predicted octanol–water partition coefficient (Wildman–Crippen LogP) is -0.868. The third-order valence-corrected chi connectivity index (χ3v) is 14.4. The highest BCUT2D eigenvalue weighted by Gasteiger charge is 2.42. The fourth-order valence-corrected chi connectivity index (χ4v) is 9.46. The Kier molecular flexibility index (Phi) is 24.1. The molecule has 0 spiro atoms. The van der Waals surface area contributed by atoms with E-state index in [4.69, 9.17) is 11.5 Å². The number of nitrogens with zero attached hydrogens (tertiary/aromatic N) is 1. The number of phenolic OH excluding ortho intramolecular Hbond substituents is 1. The topological polar surface area (TPSA) is 424 Å². The first-order valence-corrected chi connectivity index (χ1v) is 27.3. The second kappa shape index (κ2) is 30.8. The summed E-state index contributed by atoms with van der Waals surface area (Å²) in [6, 6.07) is 8.35. The number of rotatable bonds is 31. The van der Waals surface area contributed by atoms with E-state index in [1.165, 1.54) is 29.2 Å². The summed E-state index contributed by atoms with van der Waals surface area (Å²) in [6.07, 6.45) is 0.0510. The van der Waals surface area contributed by atoms with E-state index < -0.39 is 157 Å². The Morgan fingerprint density at radius 2 is 1.23 bits per heavy atom. The molecule has 1 aliphatic heterocycles. The molecule has 26 heteroatoms. The summed E-state index contributed by atoms with van der Waals surface area (Å²) in [4.78, 5) is 153. The monoisotopic (exact) mass is 1150 g/mol. The Hall–Kier alpha value is -8.91. The van der Waals surface area contributed by atoms with Crippen molar-refractivity contribution in [1.82, 2.24) is 47.1 Å². The van der Waals surface area contributed by atoms with Gasteiger partial charge in [0.1, 0.15) is 54.1 Å². The van der Waals surface area contributed by atoms with E-state index in [9.17, 15) is 73.2 Å². The van der Waals surface area contributed by atoms with Crippen LogP contribution in [0.3, 0.4) is 0 Å². The number of likely N-dealkylation sites (tertiary alicyclic amines) is 1. The van der Waals surface area contributed by atoms with Gasteiger partial charge in [0.05, 0.1) is 19.1 Å². The first kappa shape index (κ1) is 64.9.